The molecule has 0 bridgehead atoms. The quantitative estimate of drug-likeness (QED) is 0.830. The number of nitrogens with zero attached hydrogens (tertiary/aromatic N) is 1. The number of nitrogens with one attached hydrogen (secondary N) is 1. The van der Waals surface area contributed by atoms with Gasteiger partial charge in [-0.15, -0.1) is 0 Å². The monoisotopic (exact) mass is 336 g/mol. The van der Waals surface area contributed by atoms with Gasteiger partial charge in [-0.2, -0.15) is 0 Å². The zero-order valence-electron chi connectivity index (χ0n) is 13.8. The molecule has 1 amide bonds. The second-order valence-electron chi connectivity index (χ2n) is 6.64. The molecule has 1 aliphatic carbocycles. The maximum atomic E-state index is 13.4. The number of hydrogen-bond acceptors (Lipinski definition) is 4. The lowest BCUT2D eigenvalue weighted by atomic mass is 10.1. The van der Waals surface area contributed by atoms with Crippen LogP contribution >= 0.6 is 0 Å². The van der Waals surface area contributed by atoms with E-state index in [1.807, 2.05) is 0 Å². The van der Waals surface area contributed by atoms with Gasteiger partial charge in [0.2, 0.25) is 5.91 Å². The van der Waals surface area contributed by atoms with Gasteiger partial charge in [-0.1, -0.05) is 12.1 Å². The van der Waals surface area contributed by atoms with Gasteiger partial charge in [-0.25, -0.2) is 4.39 Å². The Morgan fingerprint density at radius 3 is 2.92 bits per heavy atom. The molecule has 0 spiro atoms. The molecule has 2 aliphatic rings. The number of hydrogen-bond donors (Lipinski definition) is 2. The summed E-state index contributed by atoms with van der Waals surface area (Å²) in [6.07, 6.45) is 3.90. The first kappa shape index (κ1) is 17.2. The minimum Gasteiger partial charge on any atom is -0.490 e. The molecule has 1 aromatic rings. The summed E-state index contributed by atoms with van der Waals surface area (Å²) in [5.74, 6) is -0.306. The molecule has 1 saturated heterocycles. The molecule has 1 saturated carbocycles. The molecule has 1 aromatic carbocycles. The predicted molar refractivity (Wildman–Crippen MR) is 88.3 cm³/mol. The number of para-hydroxylation sites is 1. The SMILES string of the molecule is O=C(CCOc1ccccc1F)N[C@@H]1CCC[C@@H]1N1CCC(O)C1. The lowest BCUT2D eigenvalue weighted by Gasteiger charge is -2.29. The number of ether oxygens (including phenoxy) is 1. The van der Waals surface area contributed by atoms with Crippen LogP contribution in [0.3, 0.4) is 0 Å². The largest absolute Gasteiger partial charge is 0.490 e. The Morgan fingerprint density at radius 1 is 1.33 bits per heavy atom. The van der Waals surface area contributed by atoms with Crippen molar-refractivity contribution in [3.63, 3.8) is 0 Å². The van der Waals surface area contributed by atoms with Crippen molar-refractivity contribution < 1.29 is 19.0 Å². The number of rotatable bonds is 6. The fraction of sp³-hybridized carbons (Fsp3) is 0.611. The van der Waals surface area contributed by atoms with E-state index in [2.05, 4.69) is 10.2 Å². The molecule has 2 N–H and O–H groups in total. The number of β-amino-alcohol motifs (C(OH)–C–C–N with tert-alkyl or cyclic N) is 1. The van der Waals surface area contributed by atoms with Crippen LogP contribution in [0, 0.1) is 5.82 Å². The number of carbonyl (C=O) groups is 1. The van der Waals surface area contributed by atoms with Crippen molar-refractivity contribution in [2.24, 2.45) is 0 Å². The van der Waals surface area contributed by atoms with Crippen molar-refractivity contribution in [2.75, 3.05) is 19.7 Å². The van der Waals surface area contributed by atoms with Crippen LogP contribution in [0.1, 0.15) is 32.1 Å². The Morgan fingerprint density at radius 2 is 2.17 bits per heavy atom. The fourth-order valence-corrected chi connectivity index (χ4v) is 3.71. The highest BCUT2D eigenvalue weighted by molar-refractivity contribution is 5.76. The lowest BCUT2D eigenvalue weighted by Crippen LogP contribution is -2.48. The summed E-state index contributed by atoms with van der Waals surface area (Å²) in [6, 6.07) is 6.65. The van der Waals surface area contributed by atoms with Gasteiger partial charge in [0, 0.05) is 25.2 Å². The number of aliphatic hydroxyl groups is 1. The predicted octanol–water partition coefficient (Wildman–Crippen LogP) is 1.70. The van der Waals surface area contributed by atoms with Crippen molar-refractivity contribution in [3.8, 4) is 5.75 Å². The van der Waals surface area contributed by atoms with Crippen LogP contribution in [-0.4, -0.2) is 53.8 Å². The third kappa shape index (κ3) is 4.24. The number of amides is 1. The van der Waals surface area contributed by atoms with E-state index in [0.29, 0.717) is 12.6 Å². The third-order valence-electron chi connectivity index (χ3n) is 4.91. The van der Waals surface area contributed by atoms with Crippen molar-refractivity contribution >= 4 is 5.91 Å². The molecule has 3 atom stereocenters. The zero-order valence-corrected chi connectivity index (χ0v) is 13.8. The molecule has 1 unspecified atom stereocenters. The highest BCUT2D eigenvalue weighted by Crippen LogP contribution is 2.27. The lowest BCUT2D eigenvalue weighted by molar-refractivity contribution is -0.122. The summed E-state index contributed by atoms with van der Waals surface area (Å²) in [5, 5.41) is 12.8. The summed E-state index contributed by atoms with van der Waals surface area (Å²) >= 11 is 0. The minimum atomic E-state index is -0.415. The Labute approximate surface area is 141 Å². The van der Waals surface area contributed by atoms with Gasteiger partial charge in [-0.3, -0.25) is 9.69 Å². The van der Waals surface area contributed by atoms with Crippen LogP contribution in [0.15, 0.2) is 24.3 Å². The molecule has 0 aromatic heterocycles. The number of aliphatic hydroxyl groups excluding tert-OH is 1. The third-order valence-corrected chi connectivity index (χ3v) is 4.91. The van der Waals surface area contributed by atoms with Crippen molar-refractivity contribution in [3.05, 3.63) is 30.1 Å². The Hall–Kier alpha value is -1.66. The maximum absolute atomic E-state index is 13.4. The van der Waals surface area contributed by atoms with Gasteiger partial charge >= 0.3 is 0 Å². The molecule has 24 heavy (non-hydrogen) atoms. The minimum absolute atomic E-state index is 0.0667. The molecule has 3 rings (SSSR count). The summed E-state index contributed by atoms with van der Waals surface area (Å²) in [6.45, 7) is 1.76. The fourth-order valence-electron chi connectivity index (χ4n) is 3.71. The van der Waals surface area contributed by atoms with Gasteiger partial charge in [0.25, 0.3) is 0 Å². The molecule has 132 valence electrons. The van der Waals surface area contributed by atoms with Crippen LogP contribution < -0.4 is 10.1 Å². The van der Waals surface area contributed by atoms with Crippen molar-refractivity contribution in [2.45, 2.75) is 50.3 Å². The van der Waals surface area contributed by atoms with Crippen molar-refractivity contribution in [1.82, 2.24) is 10.2 Å². The summed E-state index contributed by atoms with van der Waals surface area (Å²) in [5.41, 5.74) is 0. The van der Waals surface area contributed by atoms with Crippen LogP contribution in [0.25, 0.3) is 0 Å². The molecule has 5 nitrogen and oxygen atoms in total. The standard InChI is InChI=1S/C18H25FN2O3/c19-14-4-1-2-7-17(14)24-11-9-18(23)20-15-5-3-6-16(15)21-10-8-13(22)12-21/h1-2,4,7,13,15-16,22H,3,5-6,8-12H2,(H,20,23)/t13?,15-,16+/m1/s1. The molecule has 2 fully saturated rings. The molecular weight excluding hydrogens is 311 g/mol. The van der Waals surface area contributed by atoms with Crippen LogP contribution in [0.2, 0.25) is 0 Å². The normalized spacial score (nSPS) is 27.3. The molecule has 6 heteroatoms. The van der Waals surface area contributed by atoms with Crippen molar-refractivity contribution in [1.29, 1.82) is 0 Å². The molecule has 1 aliphatic heterocycles. The first-order valence-corrected chi connectivity index (χ1v) is 8.72. The number of carbonyl (C=O) groups excluding carboxylic acids is 1. The highest BCUT2D eigenvalue weighted by atomic mass is 19.1. The van der Waals surface area contributed by atoms with Gasteiger partial charge < -0.3 is 15.2 Å². The molecule has 1 heterocycles. The Balaban J connectivity index is 1.43. The van der Waals surface area contributed by atoms with E-state index in [1.54, 1.807) is 18.2 Å². The second-order valence-corrected chi connectivity index (χ2v) is 6.64. The average molecular weight is 336 g/mol. The van der Waals surface area contributed by atoms with E-state index >= 15 is 0 Å². The first-order valence-electron chi connectivity index (χ1n) is 8.72. The summed E-state index contributed by atoms with van der Waals surface area (Å²) < 4.78 is 18.8. The second kappa shape index (κ2) is 7.94. The summed E-state index contributed by atoms with van der Waals surface area (Å²) in [4.78, 5) is 14.4. The van der Waals surface area contributed by atoms with Gasteiger partial charge in [0.05, 0.1) is 19.1 Å². The smallest absolute Gasteiger partial charge is 0.223 e. The first-order chi connectivity index (χ1) is 11.6. The Bertz CT molecular complexity index is 569. The van der Waals surface area contributed by atoms with E-state index in [0.717, 1.165) is 32.2 Å². The van der Waals surface area contributed by atoms with Gasteiger partial charge in [0.15, 0.2) is 11.6 Å². The summed E-state index contributed by atoms with van der Waals surface area (Å²) in [7, 11) is 0. The van der Waals surface area contributed by atoms with E-state index in [1.165, 1.54) is 6.07 Å². The van der Waals surface area contributed by atoms with E-state index in [4.69, 9.17) is 4.74 Å². The van der Waals surface area contributed by atoms with Gasteiger partial charge in [0.1, 0.15) is 0 Å². The Kier molecular flexibility index (Phi) is 5.68. The molecule has 0 radical (unpaired) electrons. The number of likely N-dealkylation sites (tertiary alicyclic amines) is 1. The number of benzene rings is 1. The topological polar surface area (TPSA) is 61.8 Å². The van der Waals surface area contributed by atoms with E-state index < -0.39 is 5.82 Å². The van der Waals surface area contributed by atoms with Crippen LogP contribution in [0.5, 0.6) is 5.75 Å². The van der Waals surface area contributed by atoms with Crippen LogP contribution in [0.4, 0.5) is 4.39 Å². The highest BCUT2D eigenvalue weighted by Gasteiger charge is 2.36. The molecular formula is C18H25FN2O3. The zero-order chi connectivity index (χ0) is 16.9. The van der Waals surface area contributed by atoms with E-state index in [-0.39, 0.29) is 36.8 Å². The van der Waals surface area contributed by atoms with Crippen LogP contribution in [-0.2, 0) is 4.79 Å². The number of halogens is 1. The average Bonchev–Trinajstić information content (AvgIpc) is 3.18. The van der Waals surface area contributed by atoms with Gasteiger partial charge in [-0.05, 0) is 37.8 Å². The maximum Gasteiger partial charge on any atom is 0.223 e. The van der Waals surface area contributed by atoms with E-state index in [9.17, 15) is 14.3 Å².